The first-order chi connectivity index (χ1) is 62.8. The number of aliphatic hydroxyl groups is 1. The van der Waals surface area contributed by atoms with E-state index in [1.54, 1.807) is 78.8 Å². The number of hydrogen-bond donors (Lipinski definition) is 7. The summed E-state index contributed by atoms with van der Waals surface area (Å²) in [7, 11) is 2.59. The Balaban J connectivity index is 0.000000273. The van der Waals surface area contributed by atoms with Crippen LogP contribution in [0.15, 0.2) is 237 Å². The Labute approximate surface area is 760 Å². The van der Waals surface area contributed by atoms with Crippen LogP contribution in [0.2, 0.25) is 0 Å². The summed E-state index contributed by atoms with van der Waals surface area (Å²) >= 11 is 0. The minimum absolute atomic E-state index is 0.00615. The molecule has 0 spiro atoms. The third-order valence-corrected chi connectivity index (χ3v) is 20.0. The first-order valence-electron chi connectivity index (χ1n) is 42.4. The topological polar surface area (TPSA) is 455 Å². The molecule has 0 aliphatic carbocycles. The number of methoxy groups -OCH3 is 2. The molecule has 0 bridgehead atoms. The standard InChI is InChI=1S/C40H44N2O10.C33H39NO7.C26H32N2O10/c1-26(2)38(45)52-36(31(22-28-14-8-5-9-15-28)39(46)50-24-30-18-12-7-13-19-30)27(3)51-40(47)32(25-49-23-29-16-10-6-11-17-29)42-37(44)34-35(43)33(48-4)20-21-41-34;1-23(2)31(35)41-30(24(3)40-33(37)29(34)22-38-20-26-15-9-5-10-16-26)28(19-25-13-7-4-8-14-25)32(36)39-21-27-17-11-6-12-18-27;1-14(2)25(34)38-22(17(24(32)33)12-16-8-6-5-7-9-16)15(3)37-26(35)18(13-29)28-23(31)20-21(30)19(36-4)10-11-27-20/h5-21,26-27,31-32,36,43H,22-25H2,1-4H3,(H,42,44);4-18,23-24,28-30H,19-22,34H2,1-3H3;5-11,14-15,17-18,22,29-30H,12-13H2,1-4H3,(H,28,31)(H,32,33)/t27-,31+,32?,36?;24-,28+,29?,30?;15-,17+,18?,22?/m000/s1. The van der Waals surface area contributed by atoms with Crippen LogP contribution in [0.3, 0.4) is 0 Å². The summed E-state index contributed by atoms with van der Waals surface area (Å²) in [6.07, 6.45) is -4.49. The zero-order chi connectivity index (χ0) is 95.5. The van der Waals surface area contributed by atoms with Gasteiger partial charge in [0.1, 0.15) is 55.3 Å². The smallest absolute Gasteiger partial charge is 0.331 e. The molecular weight excluding hydrogens is 1690 g/mol. The van der Waals surface area contributed by atoms with Crippen molar-refractivity contribution in [3.05, 3.63) is 287 Å². The SMILES string of the molecule is CC(C)C(=O)OC([C@H](C)OC(=O)C(N)COCc1ccccc1)[C@@H](Cc1ccccc1)C(=O)OCc1ccccc1.COc1ccnc(C(=O)NC(CO)C(=O)O[C@@H](C)C(OC(=O)C(C)C)[C@@H](Cc2ccccc2)C(=O)O)c1O.COc1ccnc(C(=O)NC(COCc2ccccc2)C(=O)O[C@@H](C)C(OC(=O)C(C)C)[C@@H](Cc2ccccc2)C(=O)OCc2ccccc2)c1O. The summed E-state index contributed by atoms with van der Waals surface area (Å²) in [6.45, 7) is 13.4. The minimum Gasteiger partial charge on any atom is -0.503 e. The summed E-state index contributed by atoms with van der Waals surface area (Å²) < 4.78 is 66.9. The fourth-order valence-electron chi connectivity index (χ4n) is 12.8. The van der Waals surface area contributed by atoms with Crippen LogP contribution in [0.1, 0.15) is 122 Å². The number of rotatable bonds is 46. The predicted molar refractivity (Wildman–Crippen MR) is 477 cm³/mol. The van der Waals surface area contributed by atoms with Crippen LogP contribution in [0.25, 0.3) is 0 Å². The molecule has 0 radical (unpaired) electrons. The van der Waals surface area contributed by atoms with E-state index in [4.69, 9.17) is 62.6 Å². The van der Waals surface area contributed by atoms with Crippen molar-refractivity contribution in [2.24, 2.45) is 41.2 Å². The Kier molecular flexibility index (Phi) is 43.2. The molecule has 0 saturated heterocycles. The van der Waals surface area contributed by atoms with Gasteiger partial charge in [0.15, 0.2) is 64.8 Å². The van der Waals surface area contributed by atoms with Crippen molar-refractivity contribution in [1.29, 1.82) is 0 Å². The zero-order valence-electron chi connectivity index (χ0n) is 74.9. The molecule has 7 aromatic carbocycles. The molecule has 0 aliphatic heterocycles. The molecular formula is C99H115N5O27. The fourth-order valence-corrected chi connectivity index (χ4v) is 12.8. The van der Waals surface area contributed by atoms with Crippen LogP contribution in [-0.2, 0) is 136 Å². The van der Waals surface area contributed by atoms with Crippen molar-refractivity contribution in [2.45, 2.75) is 163 Å². The van der Waals surface area contributed by atoms with Crippen molar-refractivity contribution in [1.82, 2.24) is 20.6 Å². The van der Waals surface area contributed by atoms with Gasteiger partial charge >= 0.3 is 53.7 Å². The van der Waals surface area contributed by atoms with Gasteiger partial charge in [0.05, 0.1) is 65.0 Å². The van der Waals surface area contributed by atoms with E-state index in [0.29, 0.717) is 12.2 Å². The molecule has 9 aromatic rings. The molecule has 2 aromatic heterocycles. The lowest BCUT2D eigenvalue weighted by Crippen LogP contribution is -2.49. The van der Waals surface area contributed by atoms with Crippen molar-refractivity contribution in [2.75, 3.05) is 34.0 Å². The van der Waals surface area contributed by atoms with E-state index in [2.05, 4.69) is 20.6 Å². The number of ether oxygens (including phenoxy) is 12. The van der Waals surface area contributed by atoms with Gasteiger partial charge in [-0.2, -0.15) is 0 Å². The summed E-state index contributed by atoms with van der Waals surface area (Å²) in [5, 5.41) is 45.1. The number of benzene rings is 7. The number of hydrogen-bond acceptors (Lipinski definition) is 29. The molecule has 32 nitrogen and oxygen atoms in total. The highest BCUT2D eigenvalue weighted by Crippen LogP contribution is 2.32. The lowest BCUT2D eigenvalue weighted by Gasteiger charge is -2.31. The number of carbonyl (C=O) groups is 11. The maximum atomic E-state index is 13.9. The lowest BCUT2D eigenvalue weighted by molar-refractivity contribution is -0.181. The van der Waals surface area contributed by atoms with E-state index in [1.807, 2.05) is 182 Å². The number of amides is 2. The van der Waals surface area contributed by atoms with Crippen LogP contribution in [0.5, 0.6) is 23.0 Å². The Bertz CT molecular complexity index is 5080. The normalized spacial score (nSPS) is 13.7. The molecule has 2 amide bonds. The second kappa shape index (κ2) is 54.4. The quantitative estimate of drug-likeness (QED) is 0.0138. The molecule has 131 heavy (non-hydrogen) atoms. The van der Waals surface area contributed by atoms with Crippen LogP contribution < -0.4 is 25.8 Å². The number of aliphatic hydroxyl groups excluding tert-OH is 1. The number of esters is 8. The molecule has 0 aliphatic rings. The molecule has 0 saturated carbocycles. The summed E-state index contributed by atoms with van der Waals surface area (Å²) in [4.78, 5) is 151. The predicted octanol–water partition coefficient (Wildman–Crippen LogP) is 11.2. The van der Waals surface area contributed by atoms with Crippen molar-refractivity contribution in [3.63, 3.8) is 0 Å². The van der Waals surface area contributed by atoms with Crippen molar-refractivity contribution < 1.29 is 130 Å². The van der Waals surface area contributed by atoms with Crippen LogP contribution in [-0.4, -0.2) is 185 Å². The number of carboxylic acids is 1. The number of nitrogens with two attached hydrogens (primary N) is 1. The lowest BCUT2D eigenvalue weighted by atomic mass is 9.90. The Morgan fingerprint density at radius 3 is 0.939 bits per heavy atom. The summed E-state index contributed by atoms with van der Waals surface area (Å²) in [5.74, 6) is -15.1. The maximum Gasteiger partial charge on any atom is 0.331 e. The first kappa shape index (κ1) is 104. The van der Waals surface area contributed by atoms with E-state index in [-0.39, 0.29) is 69.5 Å². The molecule has 0 fully saturated rings. The van der Waals surface area contributed by atoms with Gasteiger partial charge in [-0.25, -0.2) is 19.6 Å². The number of nitrogens with one attached hydrogen (secondary N) is 2. The van der Waals surface area contributed by atoms with Crippen LogP contribution >= 0.6 is 0 Å². The summed E-state index contributed by atoms with van der Waals surface area (Å²) in [6, 6.07) is 62.8. The number of carboxylic acid groups (broad SMARTS) is 1. The third-order valence-electron chi connectivity index (χ3n) is 20.0. The second-order valence-corrected chi connectivity index (χ2v) is 31.3. The van der Waals surface area contributed by atoms with Crippen molar-refractivity contribution >= 4 is 65.5 Å². The van der Waals surface area contributed by atoms with E-state index in [1.165, 1.54) is 52.6 Å². The van der Waals surface area contributed by atoms with Crippen LogP contribution in [0, 0.1) is 35.5 Å². The van der Waals surface area contributed by atoms with E-state index in [9.17, 15) is 73.2 Å². The van der Waals surface area contributed by atoms with Gasteiger partial charge in [0, 0.05) is 24.5 Å². The molecule has 6 unspecified atom stereocenters. The highest BCUT2D eigenvalue weighted by atomic mass is 16.6. The fraction of sp³-hybridized carbons (Fsp3) is 0.364. The van der Waals surface area contributed by atoms with Gasteiger partial charge in [-0.3, -0.25) is 43.2 Å². The average molecular weight is 1810 g/mol. The zero-order valence-corrected chi connectivity index (χ0v) is 74.9. The average Bonchev–Trinajstić information content (AvgIpc) is 0.806. The van der Waals surface area contributed by atoms with Crippen LogP contribution in [0.4, 0.5) is 0 Å². The maximum absolute atomic E-state index is 13.9. The van der Waals surface area contributed by atoms with Gasteiger partial charge < -0.3 is 93.6 Å². The van der Waals surface area contributed by atoms with Gasteiger partial charge in [-0.1, -0.05) is 254 Å². The third kappa shape index (κ3) is 34.2. The molecule has 698 valence electrons. The number of pyridine rings is 2. The second-order valence-electron chi connectivity index (χ2n) is 31.3. The minimum atomic E-state index is -1.60. The molecule has 9 rings (SSSR count). The van der Waals surface area contributed by atoms with E-state index in [0.717, 1.165) is 33.4 Å². The van der Waals surface area contributed by atoms with Gasteiger partial charge in [-0.05, 0) is 79.0 Å². The largest absolute Gasteiger partial charge is 0.503 e. The molecule has 2 heterocycles. The first-order valence-corrected chi connectivity index (χ1v) is 42.4. The Morgan fingerprint density at radius 1 is 0.344 bits per heavy atom. The van der Waals surface area contributed by atoms with E-state index >= 15 is 0 Å². The van der Waals surface area contributed by atoms with Gasteiger partial charge in [0.2, 0.25) is 0 Å². The van der Waals surface area contributed by atoms with Gasteiger partial charge in [-0.15, -0.1) is 0 Å². The highest BCUT2D eigenvalue weighted by molar-refractivity contribution is 5.99. The number of carbonyl (C=O) groups excluding carboxylic acids is 10. The highest BCUT2D eigenvalue weighted by Gasteiger charge is 2.44. The molecule has 12 atom stereocenters. The Morgan fingerprint density at radius 2 is 0.626 bits per heavy atom. The number of aromatic nitrogens is 2. The van der Waals surface area contributed by atoms with Gasteiger partial charge in [0.25, 0.3) is 11.8 Å². The number of aromatic hydroxyl groups is 2. The van der Waals surface area contributed by atoms with E-state index < -0.39 is 180 Å². The monoisotopic (exact) mass is 1810 g/mol. The number of aliphatic carboxylic acids is 1. The Hall–Kier alpha value is -14.0. The number of nitrogens with zero attached hydrogens (tertiary/aromatic N) is 2. The van der Waals surface area contributed by atoms with Crippen molar-refractivity contribution in [3.8, 4) is 23.0 Å². The summed E-state index contributed by atoms with van der Waals surface area (Å²) in [5.41, 5.74) is 10.8. The molecule has 32 heteroatoms. The molecule has 8 N–H and O–H groups in total.